The molecule has 0 radical (unpaired) electrons. The fraction of sp³-hybridized carbons (Fsp3) is 0.0625. The van der Waals surface area contributed by atoms with Gasteiger partial charge in [-0.15, -0.1) is 4.68 Å². The lowest BCUT2D eigenvalue weighted by atomic mass is 10.2. The number of phenolic OH excluding ortho intramolecular Hbond substituents is 1. The van der Waals surface area contributed by atoms with Crippen LogP contribution in [0.15, 0.2) is 66.1 Å². The largest absolute Gasteiger partial charge is 0.508 e. The van der Waals surface area contributed by atoms with Gasteiger partial charge in [-0.05, 0) is 36.8 Å². The molecule has 100 valence electrons. The Labute approximate surface area is 117 Å². The molecule has 1 aliphatic rings. The van der Waals surface area contributed by atoms with E-state index in [9.17, 15) is 5.11 Å². The first-order chi connectivity index (χ1) is 9.72. The van der Waals surface area contributed by atoms with E-state index in [2.05, 4.69) is 10.7 Å². The van der Waals surface area contributed by atoms with E-state index in [1.165, 1.54) is 0 Å². The monoisotopic (exact) mass is 266 g/mol. The third-order valence-electron chi connectivity index (χ3n) is 3.15. The third-order valence-corrected chi connectivity index (χ3v) is 3.15. The molecule has 3 rings (SSSR count). The number of anilines is 1. The summed E-state index contributed by atoms with van der Waals surface area (Å²) in [6.07, 6.45) is 5.99. The van der Waals surface area contributed by atoms with Gasteiger partial charge in [0.1, 0.15) is 17.6 Å². The Morgan fingerprint density at radius 3 is 2.65 bits per heavy atom. The van der Waals surface area contributed by atoms with Crippen LogP contribution in [-0.2, 0) is 0 Å². The number of phenols is 1. The summed E-state index contributed by atoms with van der Waals surface area (Å²) in [5.74, 6) is 1.27. The van der Waals surface area contributed by atoms with Crippen LogP contribution < -0.4 is 15.4 Å². The molecular weight excluding hydrogens is 250 g/mol. The molecule has 0 atom stereocenters. The van der Waals surface area contributed by atoms with Crippen LogP contribution in [0.1, 0.15) is 12.5 Å². The van der Waals surface area contributed by atoms with Crippen molar-refractivity contribution < 1.29 is 9.78 Å². The molecule has 0 unspecified atom stereocenters. The molecule has 2 heterocycles. The number of hydrogen-bond acceptors (Lipinski definition) is 3. The Balaban J connectivity index is 1.83. The molecule has 4 heteroatoms. The standard InChI is InChI=1S/C16H15N3O/c1-12-15(10-7-13-5-8-14(20)9-6-13)17-16-4-2-3-11-19(16)18-12/h2-11,18,20H,1H3/p+1. The second-order valence-corrected chi connectivity index (χ2v) is 4.66. The molecule has 0 saturated heterocycles. The Bertz CT molecular complexity index is 687. The summed E-state index contributed by atoms with van der Waals surface area (Å²) in [7, 11) is 0. The zero-order chi connectivity index (χ0) is 13.9. The van der Waals surface area contributed by atoms with Crippen molar-refractivity contribution in [3.63, 3.8) is 0 Å². The minimum atomic E-state index is 0.278. The minimum Gasteiger partial charge on any atom is -0.508 e. The number of pyridine rings is 1. The van der Waals surface area contributed by atoms with Gasteiger partial charge >= 0.3 is 5.82 Å². The summed E-state index contributed by atoms with van der Waals surface area (Å²) in [6, 6.07) is 13.1. The van der Waals surface area contributed by atoms with Crippen molar-refractivity contribution >= 4 is 11.9 Å². The van der Waals surface area contributed by atoms with Gasteiger partial charge in [0, 0.05) is 6.07 Å². The Hall–Kier alpha value is -2.75. The fourth-order valence-electron chi connectivity index (χ4n) is 2.05. The highest BCUT2D eigenvalue weighted by molar-refractivity contribution is 5.58. The number of rotatable bonds is 2. The Morgan fingerprint density at radius 2 is 1.85 bits per heavy atom. The quantitative estimate of drug-likeness (QED) is 0.732. The molecule has 1 aromatic carbocycles. The summed E-state index contributed by atoms with van der Waals surface area (Å²) >= 11 is 0. The van der Waals surface area contributed by atoms with Crippen LogP contribution in [0.2, 0.25) is 0 Å². The summed E-state index contributed by atoms with van der Waals surface area (Å²) in [5.41, 5.74) is 6.40. The molecule has 4 nitrogen and oxygen atoms in total. The molecule has 0 aliphatic carbocycles. The van der Waals surface area contributed by atoms with Crippen molar-refractivity contribution in [2.24, 2.45) is 0 Å². The molecule has 0 spiro atoms. The Morgan fingerprint density at radius 1 is 1.05 bits per heavy atom. The maximum Gasteiger partial charge on any atom is 0.303 e. The molecular formula is C16H16N3O+. The zero-order valence-corrected chi connectivity index (χ0v) is 11.2. The minimum absolute atomic E-state index is 0.278. The fourth-order valence-corrected chi connectivity index (χ4v) is 2.05. The van der Waals surface area contributed by atoms with E-state index in [-0.39, 0.29) is 5.75 Å². The maximum absolute atomic E-state index is 9.27. The maximum atomic E-state index is 9.27. The van der Waals surface area contributed by atoms with E-state index in [1.54, 1.807) is 12.1 Å². The van der Waals surface area contributed by atoms with Crippen LogP contribution in [0.5, 0.6) is 5.75 Å². The molecule has 1 aliphatic heterocycles. The van der Waals surface area contributed by atoms with Crippen molar-refractivity contribution in [1.82, 2.24) is 0 Å². The number of fused-ring (bicyclic) bond motifs is 1. The average Bonchev–Trinajstić information content (AvgIpc) is 2.47. The first-order valence-corrected chi connectivity index (χ1v) is 6.45. The van der Waals surface area contributed by atoms with E-state index in [1.807, 2.05) is 60.3 Å². The first-order valence-electron chi connectivity index (χ1n) is 6.45. The number of benzene rings is 1. The first kappa shape index (κ1) is 12.3. The summed E-state index contributed by atoms with van der Waals surface area (Å²) in [4.78, 5) is 0. The predicted octanol–water partition coefficient (Wildman–Crippen LogP) is 2.59. The predicted molar refractivity (Wildman–Crippen MR) is 79.5 cm³/mol. The molecule has 0 fully saturated rings. The average molecular weight is 266 g/mol. The molecule has 3 N–H and O–H groups in total. The van der Waals surface area contributed by atoms with Gasteiger partial charge in [-0.3, -0.25) is 0 Å². The summed E-state index contributed by atoms with van der Waals surface area (Å²) in [5, 5.41) is 12.6. The second-order valence-electron chi connectivity index (χ2n) is 4.66. The lowest BCUT2D eigenvalue weighted by Gasteiger charge is -2.16. The van der Waals surface area contributed by atoms with Gasteiger partial charge in [-0.25, -0.2) is 10.7 Å². The SMILES string of the molecule is CC1=C(C=Cc2ccc(O)cc2)Nc2cccc[n+]2N1. The van der Waals surface area contributed by atoms with Gasteiger partial charge in [-0.1, -0.05) is 24.3 Å². The lowest BCUT2D eigenvalue weighted by Crippen LogP contribution is -2.49. The number of aromatic nitrogens is 1. The van der Waals surface area contributed by atoms with Gasteiger partial charge in [0.2, 0.25) is 0 Å². The molecule has 20 heavy (non-hydrogen) atoms. The number of hydrogen-bond donors (Lipinski definition) is 3. The van der Waals surface area contributed by atoms with Crippen LogP contribution in [-0.4, -0.2) is 5.11 Å². The lowest BCUT2D eigenvalue weighted by molar-refractivity contribution is -0.632. The normalized spacial score (nSPS) is 13.8. The van der Waals surface area contributed by atoms with Crippen LogP contribution in [0, 0.1) is 0 Å². The van der Waals surface area contributed by atoms with E-state index in [0.717, 1.165) is 22.8 Å². The van der Waals surface area contributed by atoms with E-state index in [4.69, 9.17) is 0 Å². The summed E-state index contributed by atoms with van der Waals surface area (Å²) in [6.45, 7) is 2.02. The molecule has 0 amide bonds. The highest BCUT2D eigenvalue weighted by Gasteiger charge is 2.18. The van der Waals surface area contributed by atoms with Crippen LogP contribution >= 0.6 is 0 Å². The van der Waals surface area contributed by atoms with Crippen molar-refractivity contribution in [3.05, 3.63) is 71.7 Å². The topological polar surface area (TPSA) is 48.2 Å². The van der Waals surface area contributed by atoms with E-state index < -0.39 is 0 Å². The number of aromatic hydroxyl groups is 1. The van der Waals surface area contributed by atoms with Gasteiger partial charge < -0.3 is 5.11 Å². The van der Waals surface area contributed by atoms with Gasteiger partial charge in [0.25, 0.3) is 0 Å². The van der Waals surface area contributed by atoms with Gasteiger partial charge in [0.15, 0.2) is 0 Å². The van der Waals surface area contributed by atoms with Crippen LogP contribution in [0.3, 0.4) is 0 Å². The molecule has 0 saturated carbocycles. The number of allylic oxidation sites excluding steroid dienone is 2. The van der Waals surface area contributed by atoms with E-state index >= 15 is 0 Å². The van der Waals surface area contributed by atoms with Crippen molar-refractivity contribution in [1.29, 1.82) is 0 Å². The van der Waals surface area contributed by atoms with Crippen molar-refractivity contribution in [2.75, 3.05) is 10.7 Å². The highest BCUT2D eigenvalue weighted by atomic mass is 16.3. The van der Waals surface area contributed by atoms with Gasteiger partial charge in [0.05, 0.1) is 5.70 Å². The van der Waals surface area contributed by atoms with E-state index in [0.29, 0.717) is 0 Å². The van der Waals surface area contributed by atoms with Crippen LogP contribution in [0.4, 0.5) is 5.82 Å². The van der Waals surface area contributed by atoms with Crippen molar-refractivity contribution in [2.45, 2.75) is 6.92 Å². The number of nitrogens with one attached hydrogen (secondary N) is 2. The van der Waals surface area contributed by atoms with Gasteiger partial charge in [-0.2, -0.15) is 0 Å². The molecule has 0 bridgehead atoms. The van der Waals surface area contributed by atoms with Crippen molar-refractivity contribution in [3.8, 4) is 5.75 Å². The number of nitrogens with zero attached hydrogens (tertiary/aromatic N) is 1. The molecule has 2 aromatic rings. The highest BCUT2D eigenvalue weighted by Crippen LogP contribution is 2.16. The molecule has 1 aromatic heterocycles. The Kier molecular flexibility index (Phi) is 3.13. The van der Waals surface area contributed by atoms with Crippen LogP contribution in [0.25, 0.3) is 6.08 Å². The summed E-state index contributed by atoms with van der Waals surface area (Å²) < 4.78 is 1.94. The third kappa shape index (κ3) is 2.49. The zero-order valence-electron chi connectivity index (χ0n) is 11.2. The second kappa shape index (κ2) is 5.09. The smallest absolute Gasteiger partial charge is 0.303 e.